The fraction of sp³-hybridized carbons (Fsp3) is 0.452. The van der Waals surface area contributed by atoms with Gasteiger partial charge >= 0.3 is 24.0 Å². The lowest BCUT2D eigenvalue weighted by Gasteiger charge is -2.43. The van der Waals surface area contributed by atoms with Crippen LogP contribution in [0.4, 0.5) is 4.79 Å². The highest BCUT2D eigenvalue weighted by Gasteiger charge is 2.67. The second-order valence-electron chi connectivity index (χ2n) is 11.3. The average molecular weight is 612 g/mol. The maximum Gasteiger partial charge on any atom is 0.432 e. The van der Waals surface area contributed by atoms with Gasteiger partial charge in [0.15, 0.2) is 0 Å². The molecule has 13 nitrogen and oxygen atoms in total. The van der Waals surface area contributed by atoms with E-state index < -0.39 is 52.9 Å². The first-order valence-corrected chi connectivity index (χ1v) is 14.2. The lowest BCUT2D eigenvalue weighted by Crippen LogP contribution is -2.70. The van der Waals surface area contributed by atoms with Gasteiger partial charge in [-0.3, -0.25) is 4.79 Å². The number of nitrogens with zero attached hydrogens (tertiary/aromatic N) is 2. The molecule has 0 aliphatic carbocycles. The molecule has 5 N–H and O–H groups in total. The number of carbonyl (C=O) groups is 4. The molecular weight excluding hydrogens is 570 g/mol. The van der Waals surface area contributed by atoms with Gasteiger partial charge in [-0.05, 0) is 63.7 Å². The minimum atomic E-state index is -2.90. The van der Waals surface area contributed by atoms with Crippen molar-refractivity contribution in [1.82, 2.24) is 10.3 Å². The number of nitrogens with two attached hydrogens (primary N) is 2. The van der Waals surface area contributed by atoms with Crippen molar-refractivity contribution in [3.63, 3.8) is 0 Å². The maximum atomic E-state index is 14.4. The van der Waals surface area contributed by atoms with Crippen molar-refractivity contribution in [3.8, 4) is 0 Å². The number of piperidine rings is 1. The van der Waals surface area contributed by atoms with Crippen molar-refractivity contribution in [1.29, 1.82) is 0 Å². The van der Waals surface area contributed by atoms with Gasteiger partial charge in [0.05, 0.1) is 7.11 Å². The van der Waals surface area contributed by atoms with Crippen LogP contribution >= 0.6 is 0 Å². The first-order chi connectivity index (χ1) is 20.9. The van der Waals surface area contributed by atoms with Crippen LogP contribution in [-0.2, 0) is 46.5 Å². The summed E-state index contributed by atoms with van der Waals surface area (Å²) in [7, 11) is 1.01. The Morgan fingerprint density at radius 1 is 0.932 bits per heavy atom. The summed E-state index contributed by atoms with van der Waals surface area (Å²) in [6, 6.07) is 17.5. The summed E-state index contributed by atoms with van der Waals surface area (Å²) in [6.07, 6.45) is -0.317. The molecule has 2 aromatic carbocycles. The van der Waals surface area contributed by atoms with Gasteiger partial charge in [-0.2, -0.15) is 5.01 Å². The summed E-state index contributed by atoms with van der Waals surface area (Å²) in [5.41, 5.74) is 8.68. The Labute approximate surface area is 256 Å². The van der Waals surface area contributed by atoms with Crippen LogP contribution in [0.2, 0.25) is 0 Å². The molecule has 2 aromatic rings. The Bertz CT molecular complexity index is 1310. The minimum absolute atomic E-state index is 0.179. The van der Waals surface area contributed by atoms with E-state index in [1.165, 1.54) is 0 Å². The van der Waals surface area contributed by atoms with E-state index >= 15 is 0 Å². The number of rotatable bonds is 11. The zero-order valence-electron chi connectivity index (χ0n) is 25.5. The van der Waals surface area contributed by atoms with E-state index in [9.17, 15) is 19.2 Å². The summed E-state index contributed by atoms with van der Waals surface area (Å²) in [5.74, 6) is -6.71. The standard InChI is InChI=1S/C31H41N5O8/c1-30(2,3)44-29(40)36(35-28(32)33)31(26(38)41-4,27(39)43-20-22-14-9-6-10-15-22)24(23-16-11-17-34-18-23)25(37)42-19-21-12-7-5-8-13-21/h5-10,12-15,23-24,34H,11,16-20H2,1-4H3,(H4,32,33,35)/t23?,24?,31-/m0/s1. The molecule has 0 bridgehead atoms. The summed E-state index contributed by atoms with van der Waals surface area (Å²) in [5, 5.41) is 7.45. The predicted molar refractivity (Wildman–Crippen MR) is 160 cm³/mol. The first kappa shape index (κ1) is 33.8. The highest BCUT2D eigenvalue weighted by Crippen LogP contribution is 2.39. The number of benzene rings is 2. The molecule has 1 aliphatic rings. The van der Waals surface area contributed by atoms with Crippen molar-refractivity contribution in [2.24, 2.45) is 28.4 Å². The Balaban J connectivity index is 2.26. The average Bonchev–Trinajstić information content (AvgIpc) is 3.00. The molecule has 3 atom stereocenters. The predicted octanol–water partition coefficient (Wildman–Crippen LogP) is 2.43. The number of amides is 1. The summed E-state index contributed by atoms with van der Waals surface area (Å²) in [6.45, 7) is 5.06. The number of methoxy groups -OCH3 is 1. The Kier molecular flexibility index (Phi) is 11.7. The van der Waals surface area contributed by atoms with Gasteiger partial charge in [0.1, 0.15) is 24.7 Å². The summed E-state index contributed by atoms with van der Waals surface area (Å²) < 4.78 is 22.1. The third-order valence-electron chi connectivity index (χ3n) is 6.87. The number of hydrogen-bond acceptors (Lipinski definition) is 10. The number of guanidine groups is 1. The van der Waals surface area contributed by atoms with Crippen LogP contribution in [0.25, 0.3) is 0 Å². The Morgan fingerprint density at radius 2 is 1.50 bits per heavy atom. The lowest BCUT2D eigenvalue weighted by atomic mass is 9.72. The topological polar surface area (TPSA) is 185 Å². The first-order valence-electron chi connectivity index (χ1n) is 14.2. The van der Waals surface area contributed by atoms with Gasteiger partial charge in [-0.15, -0.1) is 5.10 Å². The number of hydrogen-bond donors (Lipinski definition) is 3. The molecule has 0 aromatic heterocycles. The molecule has 44 heavy (non-hydrogen) atoms. The van der Waals surface area contributed by atoms with Crippen LogP contribution in [0.15, 0.2) is 65.8 Å². The molecule has 1 saturated heterocycles. The molecule has 13 heteroatoms. The van der Waals surface area contributed by atoms with Crippen molar-refractivity contribution < 1.29 is 38.1 Å². The molecule has 0 spiro atoms. The van der Waals surface area contributed by atoms with E-state index in [2.05, 4.69) is 10.4 Å². The normalized spacial score (nSPS) is 16.8. The van der Waals surface area contributed by atoms with E-state index in [1.807, 2.05) is 0 Å². The molecule has 2 unspecified atom stereocenters. The fourth-order valence-electron chi connectivity index (χ4n) is 5.00. The highest BCUT2D eigenvalue weighted by atomic mass is 16.6. The highest BCUT2D eigenvalue weighted by molar-refractivity contribution is 6.11. The number of hydrazone groups is 1. The summed E-state index contributed by atoms with van der Waals surface area (Å²) >= 11 is 0. The second kappa shape index (κ2) is 15.2. The largest absolute Gasteiger partial charge is 0.467 e. The van der Waals surface area contributed by atoms with E-state index in [-0.39, 0.29) is 19.8 Å². The monoisotopic (exact) mass is 611 g/mol. The molecule has 238 valence electrons. The lowest BCUT2D eigenvalue weighted by molar-refractivity contribution is -0.189. The van der Waals surface area contributed by atoms with Crippen LogP contribution in [0.3, 0.4) is 0 Å². The molecule has 1 amide bonds. The van der Waals surface area contributed by atoms with Gasteiger partial charge < -0.3 is 35.7 Å². The van der Waals surface area contributed by atoms with Crippen molar-refractivity contribution in [3.05, 3.63) is 71.8 Å². The van der Waals surface area contributed by atoms with Crippen molar-refractivity contribution in [2.75, 3.05) is 20.2 Å². The summed E-state index contributed by atoms with van der Waals surface area (Å²) in [4.78, 5) is 56.6. The smallest absolute Gasteiger partial charge is 0.432 e. The van der Waals surface area contributed by atoms with Crippen LogP contribution in [-0.4, -0.2) is 66.3 Å². The quantitative estimate of drug-likeness (QED) is 0.0846. The van der Waals surface area contributed by atoms with Crippen LogP contribution in [0.5, 0.6) is 0 Å². The maximum absolute atomic E-state index is 14.4. The number of esters is 3. The number of ether oxygens (including phenoxy) is 4. The third-order valence-corrected chi connectivity index (χ3v) is 6.87. The molecule has 1 heterocycles. The van der Waals surface area contributed by atoms with Gasteiger partial charge in [-0.1, -0.05) is 60.7 Å². The minimum Gasteiger partial charge on any atom is -0.467 e. The van der Waals surface area contributed by atoms with Gasteiger partial charge in [0.25, 0.3) is 5.54 Å². The van der Waals surface area contributed by atoms with Crippen LogP contribution < -0.4 is 16.8 Å². The Hall–Kier alpha value is -4.65. The van der Waals surface area contributed by atoms with E-state index in [1.54, 1.807) is 81.4 Å². The van der Waals surface area contributed by atoms with Gasteiger partial charge in [0, 0.05) is 0 Å². The van der Waals surface area contributed by atoms with E-state index in [0.29, 0.717) is 35.5 Å². The molecule has 0 saturated carbocycles. The fourth-order valence-corrected chi connectivity index (χ4v) is 5.00. The molecule has 0 radical (unpaired) electrons. The van der Waals surface area contributed by atoms with Crippen LogP contribution in [0.1, 0.15) is 44.7 Å². The van der Waals surface area contributed by atoms with E-state index in [4.69, 9.17) is 30.4 Å². The zero-order valence-corrected chi connectivity index (χ0v) is 25.5. The van der Waals surface area contributed by atoms with Crippen molar-refractivity contribution >= 4 is 30.0 Å². The van der Waals surface area contributed by atoms with Gasteiger partial charge in [-0.25, -0.2) is 14.4 Å². The number of nitrogens with one attached hydrogen (secondary N) is 1. The molecular formula is C31H41N5O8. The Morgan fingerprint density at radius 3 is 1.98 bits per heavy atom. The van der Waals surface area contributed by atoms with E-state index in [0.717, 1.165) is 7.11 Å². The molecule has 1 aliphatic heterocycles. The third kappa shape index (κ3) is 8.47. The van der Waals surface area contributed by atoms with Gasteiger partial charge in [0.2, 0.25) is 5.96 Å². The SMILES string of the molecule is COC(=O)[C@](C(=O)OCc1ccccc1)(C(C(=O)OCc1ccccc1)C1CCCNC1)N(N=C(N)N)C(=O)OC(C)(C)C. The van der Waals surface area contributed by atoms with Crippen LogP contribution in [0, 0.1) is 11.8 Å². The zero-order chi connectivity index (χ0) is 32.3. The number of carbonyl (C=O) groups excluding carboxylic acids is 4. The second-order valence-corrected chi connectivity index (χ2v) is 11.3. The molecule has 3 rings (SSSR count). The molecule has 1 fully saturated rings. The van der Waals surface area contributed by atoms with Crippen molar-refractivity contribution in [2.45, 2.75) is 58.0 Å².